The van der Waals surface area contributed by atoms with Gasteiger partial charge in [0.05, 0.1) is 10.5 Å². The van der Waals surface area contributed by atoms with Crippen LogP contribution in [-0.4, -0.2) is 25.4 Å². The largest absolute Gasteiger partial charge is 0.417 e. The molecule has 6 nitrogen and oxygen atoms in total. The third kappa shape index (κ3) is 5.47. The van der Waals surface area contributed by atoms with Gasteiger partial charge in [0.15, 0.2) is 0 Å². The van der Waals surface area contributed by atoms with Crippen molar-refractivity contribution >= 4 is 21.7 Å². The first-order valence-electron chi connectivity index (χ1n) is 7.65. The van der Waals surface area contributed by atoms with Gasteiger partial charge >= 0.3 is 6.18 Å². The minimum Gasteiger partial charge on any atom is -0.309 e. The molecule has 27 heavy (non-hydrogen) atoms. The van der Waals surface area contributed by atoms with Gasteiger partial charge in [-0.15, -0.1) is 0 Å². The molecule has 0 radical (unpaired) electrons. The Hall–Kier alpha value is -2.53. The van der Waals surface area contributed by atoms with Crippen LogP contribution in [0, 0.1) is 5.82 Å². The Morgan fingerprint density at radius 1 is 1.15 bits per heavy atom. The summed E-state index contributed by atoms with van der Waals surface area (Å²) < 4.78 is 77.2. The summed E-state index contributed by atoms with van der Waals surface area (Å²) >= 11 is 0. The van der Waals surface area contributed by atoms with Gasteiger partial charge in [-0.25, -0.2) is 17.8 Å². The van der Waals surface area contributed by atoms with E-state index in [1.165, 1.54) is 6.92 Å². The molecular weight excluding hydrogens is 390 g/mol. The van der Waals surface area contributed by atoms with Crippen molar-refractivity contribution in [3.63, 3.8) is 0 Å². The Bertz CT molecular complexity index is 898. The number of halogens is 4. The van der Waals surface area contributed by atoms with Crippen molar-refractivity contribution in [1.82, 2.24) is 9.71 Å². The first-order valence-corrected chi connectivity index (χ1v) is 9.13. The van der Waals surface area contributed by atoms with Crippen LogP contribution in [-0.2, 0) is 21.0 Å². The first kappa shape index (κ1) is 20.8. The lowest BCUT2D eigenvalue weighted by Crippen LogP contribution is -2.43. The van der Waals surface area contributed by atoms with Crippen LogP contribution in [0.5, 0.6) is 0 Å². The van der Waals surface area contributed by atoms with E-state index in [0.29, 0.717) is 6.20 Å². The molecule has 2 N–H and O–H groups in total. The number of rotatable bonds is 6. The lowest BCUT2D eigenvalue weighted by atomic mass is 10.2. The summed E-state index contributed by atoms with van der Waals surface area (Å²) in [6.45, 7) is 1.54. The number of pyridine rings is 1. The summed E-state index contributed by atoms with van der Waals surface area (Å²) in [5, 5.41) is 2.25. The topological polar surface area (TPSA) is 88.2 Å². The first-order chi connectivity index (χ1) is 12.5. The Morgan fingerprint density at radius 2 is 1.78 bits per heavy atom. The van der Waals surface area contributed by atoms with Crippen molar-refractivity contribution < 1.29 is 30.8 Å². The molecule has 1 aromatic carbocycles. The van der Waals surface area contributed by atoms with Crippen LogP contribution in [0.4, 0.5) is 23.4 Å². The monoisotopic (exact) mass is 405 g/mol. The summed E-state index contributed by atoms with van der Waals surface area (Å²) in [5.41, 5.74) is -0.982. The van der Waals surface area contributed by atoms with Gasteiger partial charge in [0.2, 0.25) is 15.9 Å². The third-order valence-corrected chi connectivity index (χ3v) is 4.98. The van der Waals surface area contributed by atoms with E-state index in [1.807, 2.05) is 0 Å². The van der Waals surface area contributed by atoms with E-state index in [9.17, 15) is 30.8 Å². The maximum atomic E-state index is 12.9. The average molecular weight is 405 g/mol. The van der Waals surface area contributed by atoms with Crippen LogP contribution in [0.3, 0.4) is 0 Å². The number of hydrogen-bond acceptors (Lipinski definition) is 4. The molecule has 0 saturated heterocycles. The summed E-state index contributed by atoms with van der Waals surface area (Å²) in [4.78, 5) is 15.5. The van der Waals surface area contributed by atoms with Crippen molar-refractivity contribution in [3.8, 4) is 0 Å². The van der Waals surface area contributed by atoms with Crippen molar-refractivity contribution in [2.45, 2.75) is 30.5 Å². The van der Waals surface area contributed by atoms with Crippen molar-refractivity contribution in [3.05, 3.63) is 54.0 Å². The standard InChI is InChI=1S/C16H15F4N3O3S/c1-2-13(23-27(25,26)12-6-4-11(17)5-7-12)15(24)22-14-8-3-10(9-21-14)16(18,19)20/h3-9,13,23H,2H2,1H3,(H,21,22,24). The summed E-state index contributed by atoms with van der Waals surface area (Å²) in [5.74, 6) is -1.57. The van der Waals surface area contributed by atoms with Gasteiger partial charge in [-0.2, -0.15) is 17.9 Å². The normalized spacial score (nSPS) is 13.2. The molecule has 0 saturated carbocycles. The van der Waals surface area contributed by atoms with Crippen LogP contribution < -0.4 is 10.0 Å². The number of carbonyl (C=O) groups excluding carboxylic acids is 1. The number of hydrogen-bond donors (Lipinski definition) is 2. The molecule has 0 aliphatic heterocycles. The van der Waals surface area contributed by atoms with Gasteiger partial charge in [-0.3, -0.25) is 4.79 Å². The van der Waals surface area contributed by atoms with E-state index in [0.717, 1.165) is 36.4 Å². The van der Waals surface area contributed by atoms with Crippen LogP contribution in [0.25, 0.3) is 0 Å². The molecule has 0 aliphatic carbocycles. The summed E-state index contributed by atoms with van der Waals surface area (Å²) in [6, 6.07) is 4.50. The zero-order chi connectivity index (χ0) is 20.2. The Labute approximate surface area is 152 Å². The van der Waals surface area contributed by atoms with Crippen molar-refractivity contribution in [2.24, 2.45) is 0 Å². The zero-order valence-corrected chi connectivity index (χ0v) is 14.7. The van der Waals surface area contributed by atoms with E-state index in [4.69, 9.17) is 0 Å². The number of anilines is 1. The Balaban J connectivity index is 2.10. The molecular formula is C16H15F4N3O3S. The van der Waals surface area contributed by atoms with Gasteiger partial charge in [0, 0.05) is 6.20 Å². The van der Waals surface area contributed by atoms with Gasteiger partial charge in [-0.05, 0) is 42.8 Å². The van der Waals surface area contributed by atoms with Crippen LogP contribution >= 0.6 is 0 Å². The number of sulfonamides is 1. The smallest absolute Gasteiger partial charge is 0.309 e. The fourth-order valence-electron chi connectivity index (χ4n) is 2.04. The van der Waals surface area contributed by atoms with Crippen LogP contribution in [0.2, 0.25) is 0 Å². The number of amides is 1. The molecule has 11 heteroatoms. The number of carbonyl (C=O) groups is 1. The number of nitrogens with one attached hydrogen (secondary N) is 2. The maximum Gasteiger partial charge on any atom is 0.417 e. The predicted octanol–water partition coefficient (Wildman–Crippen LogP) is 2.94. The van der Waals surface area contributed by atoms with Gasteiger partial charge in [-0.1, -0.05) is 6.92 Å². The molecule has 1 heterocycles. The van der Waals surface area contributed by atoms with Gasteiger partial charge < -0.3 is 5.32 Å². The lowest BCUT2D eigenvalue weighted by Gasteiger charge is -2.17. The van der Waals surface area contributed by atoms with E-state index in [1.54, 1.807) is 0 Å². The highest BCUT2D eigenvalue weighted by Gasteiger charge is 2.31. The number of benzene rings is 1. The molecule has 0 aliphatic rings. The minimum absolute atomic E-state index is 0.0624. The van der Waals surface area contributed by atoms with Crippen LogP contribution in [0.1, 0.15) is 18.9 Å². The zero-order valence-electron chi connectivity index (χ0n) is 13.9. The highest BCUT2D eigenvalue weighted by Crippen LogP contribution is 2.28. The van der Waals surface area contributed by atoms with E-state index in [2.05, 4.69) is 15.0 Å². The molecule has 1 unspecified atom stereocenters. The lowest BCUT2D eigenvalue weighted by molar-refractivity contribution is -0.137. The second-order valence-corrected chi connectivity index (χ2v) is 7.17. The predicted molar refractivity (Wildman–Crippen MR) is 88.7 cm³/mol. The van der Waals surface area contributed by atoms with E-state index >= 15 is 0 Å². The number of aromatic nitrogens is 1. The number of alkyl halides is 3. The van der Waals surface area contributed by atoms with Crippen molar-refractivity contribution in [1.29, 1.82) is 0 Å². The Morgan fingerprint density at radius 3 is 2.26 bits per heavy atom. The molecule has 0 bridgehead atoms. The highest BCUT2D eigenvalue weighted by molar-refractivity contribution is 7.89. The Kier molecular flexibility index (Phi) is 6.16. The molecule has 146 valence electrons. The molecule has 1 amide bonds. The van der Waals surface area contributed by atoms with Gasteiger partial charge in [0.25, 0.3) is 0 Å². The van der Waals surface area contributed by atoms with E-state index < -0.39 is 39.5 Å². The minimum atomic E-state index is -4.56. The molecule has 2 rings (SSSR count). The maximum absolute atomic E-state index is 12.9. The summed E-state index contributed by atoms with van der Waals surface area (Å²) in [6.07, 6.45) is -3.95. The van der Waals surface area contributed by atoms with Gasteiger partial charge in [0.1, 0.15) is 17.7 Å². The molecule has 1 aromatic heterocycles. The second-order valence-electron chi connectivity index (χ2n) is 5.46. The fraction of sp³-hybridized carbons (Fsp3) is 0.250. The molecule has 0 spiro atoms. The van der Waals surface area contributed by atoms with Crippen molar-refractivity contribution in [2.75, 3.05) is 5.32 Å². The highest BCUT2D eigenvalue weighted by atomic mass is 32.2. The fourth-order valence-corrected chi connectivity index (χ4v) is 3.32. The summed E-state index contributed by atoms with van der Waals surface area (Å²) in [7, 11) is -4.10. The second kappa shape index (κ2) is 8.01. The SMILES string of the molecule is CCC(NS(=O)(=O)c1ccc(F)cc1)C(=O)Nc1ccc(C(F)(F)F)cn1. The average Bonchev–Trinajstić information content (AvgIpc) is 2.59. The molecule has 2 aromatic rings. The molecule has 1 atom stereocenters. The van der Waals surface area contributed by atoms with Crippen LogP contribution in [0.15, 0.2) is 47.5 Å². The molecule has 0 fully saturated rings. The number of nitrogens with zero attached hydrogens (tertiary/aromatic N) is 1. The quantitative estimate of drug-likeness (QED) is 0.724. The third-order valence-electron chi connectivity index (χ3n) is 3.49. The van der Waals surface area contributed by atoms with E-state index in [-0.39, 0.29) is 17.1 Å².